The molecule has 0 bridgehead atoms. The van der Waals surface area contributed by atoms with E-state index < -0.39 is 15.6 Å². The molecule has 0 radical (unpaired) electrons. The summed E-state index contributed by atoms with van der Waals surface area (Å²) in [6.07, 6.45) is 1.54. The van der Waals surface area contributed by atoms with Crippen molar-refractivity contribution in [3.63, 3.8) is 0 Å². The van der Waals surface area contributed by atoms with Gasteiger partial charge in [0.25, 0.3) is 0 Å². The highest BCUT2D eigenvalue weighted by molar-refractivity contribution is 7.89. The van der Waals surface area contributed by atoms with Crippen molar-refractivity contribution < 1.29 is 13.5 Å². The Labute approximate surface area is 86.3 Å². The van der Waals surface area contributed by atoms with Gasteiger partial charge in [-0.1, -0.05) is 6.08 Å². The maximum Gasteiger partial charge on any atom is 0.217 e. The van der Waals surface area contributed by atoms with Crippen molar-refractivity contribution in [2.75, 3.05) is 18.9 Å². The van der Waals surface area contributed by atoms with Gasteiger partial charge in [-0.25, -0.2) is 8.42 Å². The molecule has 0 aromatic rings. The van der Waals surface area contributed by atoms with E-state index in [1.54, 1.807) is 6.08 Å². The molecule has 0 fully saturated rings. The van der Waals surface area contributed by atoms with Crippen LogP contribution in [0.25, 0.3) is 0 Å². The quantitative estimate of drug-likeness (QED) is 0.691. The van der Waals surface area contributed by atoms with Crippen LogP contribution in [-0.4, -0.2) is 42.3 Å². The van der Waals surface area contributed by atoms with Crippen LogP contribution in [0.5, 0.6) is 0 Å². The largest absolute Gasteiger partial charge is 0.395 e. The van der Waals surface area contributed by atoms with Crippen molar-refractivity contribution in [3.8, 4) is 0 Å². The molecule has 0 heterocycles. The highest BCUT2D eigenvalue weighted by atomic mass is 32.2. The SMILES string of the molecule is C=CCN(C(C)(C)C)S(=O)(=O)CCO. The van der Waals surface area contributed by atoms with Crippen molar-refractivity contribution in [3.05, 3.63) is 12.7 Å². The minimum atomic E-state index is -3.38. The molecule has 0 atom stereocenters. The second-order valence-corrected chi connectivity index (χ2v) is 6.04. The summed E-state index contributed by atoms with van der Waals surface area (Å²) in [5, 5.41) is 8.65. The standard InChI is InChI=1S/C9H19NO3S/c1-5-6-10(9(2,3)4)14(12,13)8-7-11/h5,11H,1,6-8H2,2-4H3. The highest BCUT2D eigenvalue weighted by Gasteiger charge is 2.30. The summed E-state index contributed by atoms with van der Waals surface area (Å²) in [6.45, 7) is 8.87. The molecule has 4 nitrogen and oxygen atoms in total. The number of nitrogens with zero attached hydrogens (tertiary/aromatic N) is 1. The minimum absolute atomic E-state index is 0.238. The van der Waals surface area contributed by atoms with E-state index in [0.717, 1.165) is 0 Å². The van der Waals surface area contributed by atoms with Crippen LogP contribution in [0.2, 0.25) is 0 Å². The molecule has 14 heavy (non-hydrogen) atoms. The maximum atomic E-state index is 11.7. The molecule has 1 N–H and O–H groups in total. The van der Waals surface area contributed by atoms with Crippen molar-refractivity contribution in [2.24, 2.45) is 0 Å². The lowest BCUT2D eigenvalue weighted by molar-refractivity contribution is 0.263. The van der Waals surface area contributed by atoms with Crippen LogP contribution < -0.4 is 0 Å². The molecule has 84 valence electrons. The summed E-state index contributed by atoms with van der Waals surface area (Å²) >= 11 is 0. The summed E-state index contributed by atoms with van der Waals surface area (Å²) < 4.78 is 24.7. The third kappa shape index (κ3) is 3.77. The topological polar surface area (TPSA) is 57.6 Å². The van der Waals surface area contributed by atoms with E-state index in [1.807, 2.05) is 20.8 Å². The Bertz CT molecular complexity index is 277. The predicted molar refractivity (Wildman–Crippen MR) is 57.5 cm³/mol. The van der Waals surface area contributed by atoms with Gasteiger partial charge in [0.2, 0.25) is 10.0 Å². The monoisotopic (exact) mass is 221 g/mol. The zero-order chi connectivity index (χ0) is 11.4. The number of hydrogen-bond acceptors (Lipinski definition) is 3. The third-order valence-corrected chi connectivity index (χ3v) is 3.79. The molecular weight excluding hydrogens is 202 g/mol. The molecule has 0 aliphatic rings. The molecule has 0 aliphatic heterocycles. The van der Waals surface area contributed by atoms with Gasteiger partial charge in [-0.3, -0.25) is 0 Å². The first-order chi connectivity index (χ1) is 6.25. The van der Waals surface area contributed by atoms with E-state index in [2.05, 4.69) is 6.58 Å². The Morgan fingerprint density at radius 2 is 1.93 bits per heavy atom. The molecule has 0 aromatic carbocycles. The van der Waals surface area contributed by atoms with Gasteiger partial charge in [0, 0.05) is 12.1 Å². The summed E-state index contributed by atoms with van der Waals surface area (Å²) in [6, 6.07) is 0. The third-order valence-electron chi connectivity index (χ3n) is 1.73. The second-order valence-electron chi connectivity index (χ2n) is 4.03. The predicted octanol–water partition coefficient (Wildman–Crippen LogP) is 0.595. The van der Waals surface area contributed by atoms with Crippen LogP contribution in [0.3, 0.4) is 0 Å². The Morgan fingerprint density at radius 3 is 2.21 bits per heavy atom. The lowest BCUT2D eigenvalue weighted by Crippen LogP contribution is -2.47. The summed E-state index contributed by atoms with van der Waals surface area (Å²) in [5.74, 6) is -0.238. The molecule has 0 saturated heterocycles. The number of aliphatic hydroxyl groups excluding tert-OH is 1. The van der Waals surface area contributed by atoms with Crippen LogP contribution >= 0.6 is 0 Å². The van der Waals surface area contributed by atoms with Gasteiger partial charge in [0.15, 0.2) is 0 Å². The van der Waals surface area contributed by atoms with Gasteiger partial charge >= 0.3 is 0 Å². The summed E-state index contributed by atoms with van der Waals surface area (Å²) in [4.78, 5) is 0. The fourth-order valence-corrected chi connectivity index (χ4v) is 2.77. The zero-order valence-corrected chi connectivity index (χ0v) is 9.84. The van der Waals surface area contributed by atoms with Gasteiger partial charge in [0.05, 0.1) is 12.4 Å². The van der Waals surface area contributed by atoms with Gasteiger partial charge < -0.3 is 5.11 Å². The summed E-state index contributed by atoms with van der Waals surface area (Å²) in [7, 11) is -3.38. The number of rotatable bonds is 5. The molecule has 0 aliphatic carbocycles. The van der Waals surface area contributed by atoms with Crippen molar-refractivity contribution in [2.45, 2.75) is 26.3 Å². The molecule has 0 unspecified atom stereocenters. The number of aliphatic hydroxyl groups is 1. The lowest BCUT2D eigenvalue weighted by atomic mass is 10.1. The van der Waals surface area contributed by atoms with Crippen LogP contribution in [-0.2, 0) is 10.0 Å². The lowest BCUT2D eigenvalue weighted by Gasteiger charge is -2.33. The van der Waals surface area contributed by atoms with Gasteiger partial charge in [0.1, 0.15) is 0 Å². The smallest absolute Gasteiger partial charge is 0.217 e. The maximum absolute atomic E-state index is 11.7. The molecular formula is C9H19NO3S. The first kappa shape index (κ1) is 13.6. The Hall–Kier alpha value is -0.390. The van der Waals surface area contributed by atoms with E-state index >= 15 is 0 Å². The number of sulfonamides is 1. The van der Waals surface area contributed by atoms with Crippen molar-refractivity contribution >= 4 is 10.0 Å². The second kappa shape index (κ2) is 4.91. The molecule has 5 heteroatoms. The molecule has 0 amide bonds. The van der Waals surface area contributed by atoms with Crippen LogP contribution in [0.15, 0.2) is 12.7 Å². The van der Waals surface area contributed by atoms with E-state index in [1.165, 1.54) is 4.31 Å². The van der Waals surface area contributed by atoms with Crippen LogP contribution in [0.1, 0.15) is 20.8 Å². The Morgan fingerprint density at radius 1 is 1.43 bits per heavy atom. The van der Waals surface area contributed by atoms with Crippen molar-refractivity contribution in [1.29, 1.82) is 0 Å². The van der Waals surface area contributed by atoms with E-state index in [0.29, 0.717) is 0 Å². The van der Waals surface area contributed by atoms with E-state index in [-0.39, 0.29) is 18.9 Å². The minimum Gasteiger partial charge on any atom is -0.395 e. The fourth-order valence-electron chi connectivity index (χ4n) is 1.15. The zero-order valence-electron chi connectivity index (χ0n) is 9.02. The van der Waals surface area contributed by atoms with Crippen LogP contribution in [0, 0.1) is 0 Å². The van der Waals surface area contributed by atoms with Crippen molar-refractivity contribution in [1.82, 2.24) is 4.31 Å². The molecule has 0 aromatic heterocycles. The van der Waals surface area contributed by atoms with E-state index in [9.17, 15) is 8.42 Å². The Kier molecular flexibility index (Phi) is 4.77. The van der Waals surface area contributed by atoms with E-state index in [4.69, 9.17) is 5.11 Å². The molecule has 0 rings (SSSR count). The van der Waals surface area contributed by atoms with Gasteiger partial charge in [-0.15, -0.1) is 6.58 Å². The highest BCUT2D eigenvalue weighted by Crippen LogP contribution is 2.17. The summed E-state index contributed by atoms with van der Waals surface area (Å²) in [5.41, 5.74) is -0.484. The van der Waals surface area contributed by atoms with Gasteiger partial charge in [-0.2, -0.15) is 4.31 Å². The number of hydrogen-bond donors (Lipinski definition) is 1. The first-order valence-corrected chi connectivity index (χ1v) is 6.09. The fraction of sp³-hybridized carbons (Fsp3) is 0.778. The van der Waals surface area contributed by atoms with Crippen LogP contribution in [0.4, 0.5) is 0 Å². The first-order valence-electron chi connectivity index (χ1n) is 4.48. The average Bonchev–Trinajstić information content (AvgIpc) is 1.97. The molecule has 0 spiro atoms. The molecule has 0 saturated carbocycles. The average molecular weight is 221 g/mol. The Balaban J connectivity index is 4.92. The van der Waals surface area contributed by atoms with Gasteiger partial charge in [-0.05, 0) is 20.8 Å². The normalized spacial score (nSPS) is 13.2.